The first-order valence-corrected chi connectivity index (χ1v) is 7.47. The Morgan fingerprint density at radius 3 is 2.68 bits per heavy atom. The van der Waals surface area contributed by atoms with Crippen LogP contribution in [0.4, 0.5) is 5.69 Å². The highest BCUT2D eigenvalue weighted by Gasteiger charge is 2.13. The summed E-state index contributed by atoms with van der Waals surface area (Å²) in [6.07, 6.45) is 3.89. The molecule has 1 aromatic carbocycles. The van der Waals surface area contributed by atoms with Gasteiger partial charge in [0.25, 0.3) is 0 Å². The van der Waals surface area contributed by atoms with Gasteiger partial charge in [-0.15, -0.1) is 0 Å². The zero-order chi connectivity index (χ0) is 15.7. The molecule has 2 aromatic heterocycles. The Bertz CT molecular complexity index is 837. The van der Waals surface area contributed by atoms with Crippen LogP contribution in [0.25, 0.3) is 5.65 Å². The minimum absolute atomic E-state index is 0.110. The molecule has 0 aliphatic carbocycles. The highest BCUT2D eigenvalue weighted by atomic mass is 35.5. The Kier molecular flexibility index (Phi) is 4.05. The van der Waals surface area contributed by atoms with Crippen molar-refractivity contribution in [2.75, 3.05) is 5.32 Å². The maximum absolute atomic E-state index is 12.3. The second kappa shape index (κ2) is 5.99. The Hall–Kier alpha value is -2.04. The van der Waals surface area contributed by atoms with Gasteiger partial charge in [0, 0.05) is 22.4 Å². The van der Waals surface area contributed by atoms with Crippen molar-refractivity contribution in [1.29, 1.82) is 0 Å². The number of amides is 1. The first-order chi connectivity index (χ1) is 10.5. The lowest BCUT2D eigenvalue weighted by Crippen LogP contribution is -2.15. The summed E-state index contributed by atoms with van der Waals surface area (Å²) in [5.74, 6) is -0.191. The Labute approximate surface area is 137 Å². The zero-order valence-electron chi connectivity index (χ0n) is 11.8. The molecule has 0 spiro atoms. The number of anilines is 1. The van der Waals surface area contributed by atoms with Crippen LogP contribution in [0, 0.1) is 6.92 Å². The third-order valence-corrected chi connectivity index (χ3v) is 3.98. The molecule has 112 valence electrons. The van der Waals surface area contributed by atoms with Gasteiger partial charge in [0.1, 0.15) is 0 Å². The molecule has 6 heteroatoms. The van der Waals surface area contributed by atoms with E-state index in [1.54, 1.807) is 18.2 Å². The molecule has 0 bridgehead atoms. The maximum Gasteiger partial charge on any atom is 0.229 e. The van der Waals surface area contributed by atoms with Crippen LogP contribution >= 0.6 is 23.2 Å². The van der Waals surface area contributed by atoms with Crippen molar-refractivity contribution < 1.29 is 4.79 Å². The Balaban J connectivity index is 1.84. The molecule has 0 atom stereocenters. The van der Waals surface area contributed by atoms with Crippen LogP contribution in [-0.4, -0.2) is 15.3 Å². The molecule has 0 aliphatic heterocycles. The lowest BCUT2D eigenvalue weighted by atomic mass is 10.1. The van der Waals surface area contributed by atoms with Crippen LogP contribution in [-0.2, 0) is 11.2 Å². The lowest BCUT2D eigenvalue weighted by molar-refractivity contribution is -0.115. The number of imidazole rings is 1. The van der Waals surface area contributed by atoms with Crippen LogP contribution in [0.2, 0.25) is 10.0 Å². The first kappa shape index (κ1) is 14.9. The summed E-state index contributed by atoms with van der Waals surface area (Å²) >= 11 is 12.2. The number of carbonyl (C=O) groups is 1. The molecule has 22 heavy (non-hydrogen) atoms. The predicted molar refractivity (Wildman–Crippen MR) is 88.7 cm³/mol. The summed E-state index contributed by atoms with van der Waals surface area (Å²) in [6, 6.07) is 8.85. The predicted octanol–water partition coefficient (Wildman–Crippen LogP) is 4.13. The van der Waals surface area contributed by atoms with Gasteiger partial charge < -0.3 is 9.72 Å². The molecule has 0 fully saturated rings. The van der Waals surface area contributed by atoms with Crippen LogP contribution < -0.4 is 5.32 Å². The minimum Gasteiger partial charge on any atom is -0.323 e. The van der Waals surface area contributed by atoms with Crippen LogP contribution in [0.15, 0.2) is 42.7 Å². The number of nitrogens with zero attached hydrogens (tertiary/aromatic N) is 2. The molecular weight excluding hydrogens is 321 g/mol. The smallest absolute Gasteiger partial charge is 0.229 e. The summed E-state index contributed by atoms with van der Waals surface area (Å²) in [6.45, 7) is 1.90. The number of benzene rings is 1. The fourth-order valence-electron chi connectivity index (χ4n) is 2.29. The van der Waals surface area contributed by atoms with Crippen molar-refractivity contribution in [2.45, 2.75) is 13.3 Å². The number of hydrogen-bond donors (Lipinski definition) is 1. The molecule has 0 saturated carbocycles. The number of pyridine rings is 1. The maximum atomic E-state index is 12.3. The van der Waals surface area contributed by atoms with E-state index >= 15 is 0 Å². The van der Waals surface area contributed by atoms with Gasteiger partial charge in [0.05, 0.1) is 17.8 Å². The molecular formula is C16H13Cl2N3O. The average Bonchev–Trinajstić information content (AvgIpc) is 2.84. The van der Waals surface area contributed by atoms with Crippen LogP contribution in [0.3, 0.4) is 0 Å². The van der Waals surface area contributed by atoms with Gasteiger partial charge in [-0.25, -0.2) is 4.98 Å². The number of aryl methyl sites for hydroxylation is 1. The van der Waals surface area contributed by atoms with E-state index in [1.807, 2.05) is 35.9 Å². The van der Waals surface area contributed by atoms with E-state index in [0.717, 1.165) is 5.69 Å². The normalized spacial score (nSPS) is 10.9. The summed E-state index contributed by atoms with van der Waals surface area (Å²) < 4.78 is 1.87. The number of hydrogen-bond acceptors (Lipinski definition) is 2. The molecule has 3 rings (SSSR count). The summed E-state index contributed by atoms with van der Waals surface area (Å²) in [5.41, 5.74) is 2.87. The average molecular weight is 334 g/mol. The fourth-order valence-corrected chi connectivity index (χ4v) is 2.82. The quantitative estimate of drug-likeness (QED) is 0.783. The highest BCUT2D eigenvalue weighted by Crippen LogP contribution is 2.25. The van der Waals surface area contributed by atoms with E-state index in [4.69, 9.17) is 23.2 Å². The van der Waals surface area contributed by atoms with E-state index in [1.165, 1.54) is 0 Å². The van der Waals surface area contributed by atoms with Gasteiger partial charge >= 0.3 is 0 Å². The Morgan fingerprint density at radius 1 is 1.23 bits per heavy atom. The SMILES string of the molecule is Cc1cn2cccc(NC(=O)Cc3c(Cl)cccc3Cl)c2n1. The van der Waals surface area contributed by atoms with Gasteiger partial charge in [-0.05, 0) is 36.8 Å². The van der Waals surface area contributed by atoms with Crippen LogP contribution in [0.5, 0.6) is 0 Å². The standard InChI is InChI=1S/C16H13Cl2N3O/c1-10-9-21-7-3-6-14(16(21)19-10)20-15(22)8-11-12(17)4-2-5-13(11)18/h2-7,9H,8H2,1H3,(H,20,22). The number of aromatic nitrogens is 2. The van der Waals surface area contributed by atoms with Crippen LogP contribution in [0.1, 0.15) is 11.3 Å². The van der Waals surface area contributed by atoms with E-state index in [0.29, 0.717) is 26.9 Å². The largest absolute Gasteiger partial charge is 0.323 e. The number of fused-ring (bicyclic) bond motifs is 1. The molecule has 0 aliphatic rings. The van der Waals surface area contributed by atoms with Crippen molar-refractivity contribution >= 4 is 40.4 Å². The first-order valence-electron chi connectivity index (χ1n) is 6.71. The van der Waals surface area contributed by atoms with Gasteiger partial charge in [0.2, 0.25) is 5.91 Å². The minimum atomic E-state index is -0.191. The van der Waals surface area contributed by atoms with Crippen molar-refractivity contribution in [1.82, 2.24) is 9.38 Å². The van der Waals surface area contributed by atoms with E-state index in [9.17, 15) is 4.79 Å². The second-order valence-electron chi connectivity index (χ2n) is 4.96. The molecule has 2 heterocycles. The van der Waals surface area contributed by atoms with E-state index in [2.05, 4.69) is 10.3 Å². The second-order valence-corrected chi connectivity index (χ2v) is 5.77. The summed E-state index contributed by atoms with van der Waals surface area (Å²) in [5, 5.41) is 3.83. The van der Waals surface area contributed by atoms with E-state index in [-0.39, 0.29) is 12.3 Å². The molecule has 0 radical (unpaired) electrons. The number of rotatable bonds is 3. The molecule has 4 nitrogen and oxygen atoms in total. The molecule has 1 N–H and O–H groups in total. The van der Waals surface area contributed by atoms with Gasteiger partial charge in [-0.1, -0.05) is 29.3 Å². The number of halogens is 2. The molecule has 0 unspecified atom stereocenters. The van der Waals surface area contributed by atoms with Crippen molar-refractivity contribution in [3.05, 3.63) is 64.0 Å². The number of carbonyl (C=O) groups excluding carboxylic acids is 1. The topological polar surface area (TPSA) is 46.4 Å². The molecule has 0 saturated heterocycles. The lowest BCUT2D eigenvalue weighted by Gasteiger charge is -2.09. The van der Waals surface area contributed by atoms with E-state index < -0.39 is 0 Å². The molecule has 3 aromatic rings. The van der Waals surface area contributed by atoms with Crippen molar-refractivity contribution in [3.8, 4) is 0 Å². The fraction of sp³-hybridized carbons (Fsp3) is 0.125. The summed E-state index contributed by atoms with van der Waals surface area (Å²) in [4.78, 5) is 16.7. The van der Waals surface area contributed by atoms with Gasteiger partial charge in [-0.3, -0.25) is 4.79 Å². The van der Waals surface area contributed by atoms with Gasteiger partial charge in [-0.2, -0.15) is 0 Å². The monoisotopic (exact) mass is 333 g/mol. The van der Waals surface area contributed by atoms with Crippen molar-refractivity contribution in [2.24, 2.45) is 0 Å². The molecule has 1 amide bonds. The third kappa shape index (κ3) is 2.93. The third-order valence-electron chi connectivity index (χ3n) is 3.28. The van der Waals surface area contributed by atoms with Gasteiger partial charge in [0.15, 0.2) is 5.65 Å². The van der Waals surface area contributed by atoms with Crippen molar-refractivity contribution in [3.63, 3.8) is 0 Å². The zero-order valence-corrected chi connectivity index (χ0v) is 13.3. The Morgan fingerprint density at radius 2 is 1.95 bits per heavy atom. The summed E-state index contributed by atoms with van der Waals surface area (Å²) in [7, 11) is 0. The number of nitrogens with one attached hydrogen (secondary N) is 1. The highest BCUT2D eigenvalue weighted by molar-refractivity contribution is 6.36.